The Morgan fingerprint density at radius 2 is 1.53 bits per heavy atom. The van der Waals surface area contributed by atoms with Crippen molar-refractivity contribution in [2.24, 2.45) is 0 Å². The predicted molar refractivity (Wildman–Crippen MR) is 213 cm³/mol. The van der Waals surface area contributed by atoms with E-state index in [9.17, 15) is 0 Å². The molecule has 1 saturated carbocycles. The number of nitrogens with zero attached hydrogens (tertiary/aromatic N) is 8. The minimum Gasteiger partial charge on any atom is -0.487 e. The molecule has 16 nitrogen and oxygen atoms in total. The second-order valence-corrected chi connectivity index (χ2v) is 15.2. The molecule has 4 aromatic rings. The first kappa shape index (κ1) is 41.3. The number of rotatable bonds is 23. The highest BCUT2D eigenvalue weighted by Crippen LogP contribution is 2.39. The lowest BCUT2D eigenvalue weighted by Crippen LogP contribution is -2.52. The van der Waals surface area contributed by atoms with Gasteiger partial charge in [0, 0.05) is 56.2 Å². The summed E-state index contributed by atoms with van der Waals surface area (Å²) in [7, 11) is 1.65. The standard InChI is InChI=1S/C40H56ClN9O7/c1-29(23-48-28-42-27-45-48)57-38-20-30(4-11-36(38)41)31-21-43-40(44-22-31)46-37-24-49(32-5-7-33(8-6-32)50-34-9-10-35(50)26-55-25-34)47-39(37)56-13-3-12-52-16-17-54-19-18-53-15-14-51-2/h4,11,20-22,24,27-29,32-35H,3,5-10,12-19,23,25-26H2,1-2H3,(H,43,44,46)/t29-,32?,33?,34-,35+/m0/s1. The van der Waals surface area contributed by atoms with Gasteiger partial charge in [0.15, 0.2) is 0 Å². The van der Waals surface area contributed by atoms with Crippen LogP contribution in [0, 0.1) is 0 Å². The molecule has 7 rings (SSSR count). The van der Waals surface area contributed by atoms with Crippen LogP contribution >= 0.6 is 11.6 Å². The van der Waals surface area contributed by atoms with E-state index in [1.165, 1.54) is 19.2 Å². The molecule has 0 spiro atoms. The summed E-state index contributed by atoms with van der Waals surface area (Å²) >= 11 is 6.51. The molecule has 2 bridgehead atoms. The van der Waals surface area contributed by atoms with Gasteiger partial charge in [-0.05, 0) is 63.1 Å². The van der Waals surface area contributed by atoms with Crippen molar-refractivity contribution in [3.8, 4) is 22.8 Å². The molecule has 1 N–H and O–H groups in total. The molecule has 2 aliphatic heterocycles. The average molecular weight is 810 g/mol. The fourth-order valence-corrected chi connectivity index (χ4v) is 8.09. The van der Waals surface area contributed by atoms with Crippen LogP contribution in [0.15, 0.2) is 49.4 Å². The molecule has 57 heavy (non-hydrogen) atoms. The molecule has 1 aliphatic carbocycles. The van der Waals surface area contributed by atoms with Crippen molar-refractivity contribution < 1.29 is 33.2 Å². The molecule has 2 saturated heterocycles. The molecular formula is C40H56ClN9O7. The average Bonchev–Trinajstić information content (AvgIpc) is 3.95. The molecule has 1 aromatic carbocycles. The number of fused-ring (bicyclic) bond motifs is 2. The van der Waals surface area contributed by atoms with Crippen LogP contribution in [0.25, 0.3) is 11.1 Å². The second-order valence-electron chi connectivity index (χ2n) is 14.8. The third-order valence-electron chi connectivity index (χ3n) is 10.7. The van der Waals surface area contributed by atoms with Crippen molar-refractivity contribution in [2.75, 3.05) is 78.5 Å². The SMILES string of the molecule is COCCOCCOCCOCCCOc1nn(C2CCC(N3[C@@H]4CC[C@H]3COC4)CC2)cc1Nc1ncc(-c2ccc(Cl)c(O[C@@H](C)Cn3cncn3)c2)cn1. The molecule has 5 heterocycles. The number of methoxy groups -OCH3 is 1. The van der Waals surface area contributed by atoms with Gasteiger partial charge in [0.05, 0.1) is 83.3 Å². The molecule has 310 valence electrons. The smallest absolute Gasteiger partial charge is 0.256 e. The van der Waals surface area contributed by atoms with E-state index in [1.807, 2.05) is 31.3 Å². The first-order chi connectivity index (χ1) is 28.0. The maximum atomic E-state index is 6.51. The van der Waals surface area contributed by atoms with Crippen LogP contribution in [-0.4, -0.2) is 137 Å². The summed E-state index contributed by atoms with van der Waals surface area (Å²) in [5, 5.41) is 13.0. The maximum absolute atomic E-state index is 6.51. The van der Waals surface area contributed by atoms with Crippen molar-refractivity contribution in [1.29, 1.82) is 0 Å². The molecule has 3 atom stereocenters. The van der Waals surface area contributed by atoms with Crippen molar-refractivity contribution in [2.45, 2.75) is 88.7 Å². The summed E-state index contributed by atoms with van der Waals surface area (Å²) in [5.74, 6) is 1.53. The van der Waals surface area contributed by atoms with Gasteiger partial charge >= 0.3 is 0 Å². The van der Waals surface area contributed by atoms with Gasteiger partial charge in [0.1, 0.15) is 30.2 Å². The van der Waals surface area contributed by atoms with Gasteiger partial charge in [0.25, 0.3) is 5.88 Å². The van der Waals surface area contributed by atoms with Crippen molar-refractivity contribution in [3.63, 3.8) is 0 Å². The lowest BCUT2D eigenvalue weighted by Gasteiger charge is -2.43. The third-order valence-corrected chi connectivity index (χ3v) is 11.0. The molecule has 3 aliphatic rings. The van der Waals surface area contributed by atoms with E-state index in [-0.39, 0.29) is 12.1 Å². The number of benzene rings is 1. The molecule has 0 unspecified atom stereocenters. The summed E-state index contributed by atoms with van der Waals surface area (Å²) in [4.78, 5) is 16.1. The van der Waals surface area contributed by atoms with Gasteiger partial charge < -0.3 is 38.5 Å². The van der Waals surface area contributed by atoms with E-state index in [0.29, 0.717) is 107 Å². The van der Waals surface area contributed by atoms with Crippen LogP contribution in [-0.2, 0) is 30.2 Å². The molecule has 3 fully saturated rings. The molecule has 0 radical (unpaired) electrons. The zero-order valence-corrected chi connectivity index (χ0v) is 33.8. The van der Waals surface area contributed by atoms with Crippen LogP contribution in [0.4, 0.5) is 11.6 Å². The molecule has 3 aromatic heterocycles. The van der Waals surface area contributed by atoms with E-state index in [4.69, 9.17) is 49.9 Å². The fraction of sp³-hybridized carbons (Fsp3) is 0.625. The second kappa shape index (κ2) is 21.2. The van der Waals surface area contributed by atoms with Crippen LogP contribution in [0.5, 0.6) is 11.6 Å². The van der Waals surface area contributed by atoms with Gasteiger partial charge in [-0.2, -0.15) is 5.10 Å². The zero-order valence-electron chi connectivity index (χ0n) is 33.0. The minimum atomic E-state index is -0.177. The maximum Gasteiger partial charge on any atom is 0.256 e. The zero-order chi connectivity index (χ0) is 39.2. The van der Waals surface area contributed by atoms with E-state index >= 15 is 0 Å². The lowest BCUT2D eigenvalue weighted by molar-refractivity contribution is -0.0458. The summed E-state index contributed by atoms with van der Waals surface area (Å²) in [6.07, 6.45) is 16.2. The fourth-order valence-electron chi connectivity index (χ4n) is 7.93. The first-order valence-electron chi connectivity index (χ1n) is 20.2. The number of morpholine rings is 1. The number of nitrogens with one attached hydrogen (secondary N) is 1. The normalized spacial score (nSPS) is 21.5. The highest BCUT2D eigenvalue weighted by atomic mass is 35.5. The lowest BCUT2D eigenvalue weighted by atomic mass is 9.89. The number of anilines is 2. The summed E-state index contributed by atoms with van der Waals surface area (Å²) in [5.41, 5.74) is 2.43. The number of halogens is 1. The van der Waals surface area contributed by atoms with Gasteiger partial charge in [-0.25, -0.2) is 19.6 Å². The highest BCUT2D eigenvalue weighted by molar-refractivity contribution is 6.32. The van der Waals surface area contributed by atoms with Crippen LogP contribution in [0.2, 0.25) is 5.02 Å². The Hall–Kier alpha value is -3.90. The van der Waals surface area contributed by atoms with Gasteiger partial charge in [-0.1, -0.05) is 17.7 Å². The summed E-state index contributed by atoms with van der Waals surface area (Å²) in [6, 6.07) is 7.70. The quantitative estimate of drug-likeness (QED) is 0.0924. The Labute approximate surface area is 339 Å². The number of hydrogen-bond donors (Lipinski definition) is 1. The van der Waals surface area contributed by atoms with E-state index < -0.39 is 0 Å². The van der Waals surface area contributed by atoms with Gasteiger partial charge in [0.2, 0.25) is 5.95 Å². The molecule has 17 heteroatoms. The Kier molecular flexibility index (Phi) is 15.4. The Morgan fingerprint density at radius 1 is 0.842 bits per heavy atom. The highest BCUT2D eigenvalue weighted by Gasteiger charge is 2.42. The van der Waals surface area contributed by atoms with Crippen LogP contribution in [0.3, 0.4) is 0 Å². The molecular weight excluding hydrogens is 754 g/mol. The Balaban J connectivity index is 0.945. The van der Waals surface area contributed by atoms with Crippen molar-refractivity contribution in [3.05, 3.63) is 54.5 Å². The van der Waals surface area contributed by atoms with Crippen LogP contribution < -0.4 is 14.8 Å². The summed E-state index contributed by atoms with van der Waals surface area (Å²) < 4.78 is 43.8. The van der Waals surface area contributed by atoms with E-state index in [0.717, 1.165) is 55.7 Å². The monoisotopic (exact) mass is 809 g/mol. The van der Waals surface area contributed by atoms with E-state index in [2.05, 4.69) is 34.9 Å². The number of aromatic nitrogens is 7. The Morgan fingerprint density at radius 3 is 2.23 bits per heavy atom. The topological polar surface area (TPSA) is 154 Å². The molecule has 0 amide bonds. The van der Waals surface area contributed by atoms with Crippen molar-refractivity contribution >= 4 is 23.2 Å². The van der Waals surface area contributed by atoms with E-state index in [1.54, 1.807) is 30.5 Å². The summed E-state index contributed by atoms with van der Waals surface area (Å²) in [6.45, 7) is 8.48. The Bertz CT molecular complexity index is 1760. The first-order valence-corrected chi connectivity index (χ1v) is 20.6. The number of ether oxygens (including phenoxy) is 7. The van der Waals surface area contributed by atoms with Gasteiger partial charge in [-0.15, -0.1) is 5.10 Å². The third kappa shape index (κ3) is 11.6. The largest absolute Gasteiger partial charge is 0.487 e. The van der Waals surface area contributed by atoms with Crippen molar-refractivity contribution in [1.82, 2.24) is 39.4 Å². The number of hydrogen-bond acceptors (Lipinski definition) is 14. The van der Waals surface area contributed by atoms with Gasteiger partial charge in [-0.3, -0.25) is 9.58 Å². The predicted octanol–water partition coefficient (Wildman–Crippen LogP) is 5.61. The van der Waals surface area contributed by atoms with Crippen LogP contribution in [0.1, 0.15) is 57.9 Å². The minimum absolute atomic E-state index is 0.177.